The van der Waals surface area contributed by atoms with Crippen molar-refractivity contribution in [3.05, 3.63) is 54.1 Å². The Morgan fingerprint density at radius 2 is 1.74 bits per heavy atom. The van der Waals surface area contributed by atoms with Crippen molar-refractivity contribution in [2.24, 2.45) is 0 Å². The summed E-state index contributed by atoms with van der Waals surface area (Å²) in [5.41, 5.74) is 6.68. The van der Waals surface area contributed by atoms with Crippen LogP contribution in [-0.2, 0) is 14.8 Å². The van der Waals surface area contributed by atoms with Crippen LogP contribution in [0.4, 0.5) is 11.4 Å². The highest BCUT2D eigenvalue weighted by molar-refractivity contribution is 7.89. The molecule has 0 aliphatic heterocycles. The first-order valence-corrected chi connectivity index (χ1v) is 12.1. The third-order valence-electron chi connectivity index (χ3n) is 5.91. The van der Waals surface area contributed by atoms with Gasteiger partial charge in [-0.05, 0) is 51.0 Å². The molecule has 0 spiro atoms. The average molecular weight is 446 g/mol. The molecule has 31 heavy (non-hydrogen) atoms. The predicted octanol–water partition coefficient (Wildman–Crippen LogP) is 3.54. The fourth-order valence-electron chi connectivity index (χ4n) is 4.11. The van der Waals surface area contributed by atoms with Crippen molar-refractivity contribution < 1.29 is 18.3 Å². The number of nitrogen functional groups attached to an aromatic ring is 1. The number of aliphatic carboxylic acids is 1. The molecule has 0 bridgehead atoms. The molecule has 0 radical (unpaired) electrons. The highest BCUT2D eigenvalue weighted by atomic mass is 32.2. The van der Waals surface area contributed by atoms with Crippen molar-refractivity contribution in [2.45, 2.75) is 62.4 Å². The maximum absolute atomic E-state index is 13.0. The maximum Gasteiger partial charge on any atom is 0.326 e. The quantitative estimate of drug-likeness (QED) is 0.536. The van der Waals surface area contributed by atoms with Gasteiger partial charge in [0.05, 0.1) is 16.3 Å². The molecular weight excluding hydrogens is 414 g/mol. The van der Waals surface area contributed by atoms with Crippen LogP contribution in [0, 0.1) is 6.92 Å². The predicted molar refractivity (Wildman–Crippen MR) is 123 cm³/mol. The molecule has 8 heteroatoms. The Bertz CT molecular complexity index is 1020. The molecule has 7 nitrogen and oxygen atoms in total. The molecule has 168 valence electrons. The van der Waals surface area contributed by atoms with Crippen LogP contribution in [0.1, 0.15) is 44.6 Å². The van der Waals surface area contributed by atoms with Gasteiger partial charge < -0.3 is 15.7 Å². The van der Waals surface area contributed by atoms with Crippen LogP contribution in [-0.4, -0.2) is 37.6 Å². The monoisotopic (exact) mass is 445 g/mol. The lowest BCUT2D eigenvalue weighted by Crippen LogP contribution is -2.60. The summed E-state index contributed by atoms with van der Waals surface area (Å²) >= 11 is 0. The number of carboxylic acid groups (broad SMARTS) is 1. The normalized spacial score (nSPS) is 17.1. The zero-order chi connectivity index (χ0) is 22.6. The number of carboxylic acids is 1. The molecule has 2 aromatic rings. The van der Waals surface area contributed by atoms with Gasteiger partial charge in [0.2, 0.25) is 10.0 Å². The number of aryl methyl sites for hydroxylation is 1. The van der Waals surface area contributed by atoms with E-state index in [4.69, 9.17) is 5.73 Å². The van der Waals surface area contributed by atoms with E-state index in [-0.39, 0.29) is 17.5 Å². The van der Waals surface area contributed by atoms with Gasteiger partial charge in [0.1, 0.15) is 5.54 Å². The van der Waals surface area contributed by atoms with Gasteiger partial charge in [-0.1, -0.05) is 49.1 Å². The first-order valence-electron chi connectivity index (χ1n) is 10.6. The van der Waals surface area contributed by atoms with Crippen LogP contribution in [0.3, 0.4) is 0 Å². The Kier molecular flexibility index (Phi) is 6.91. The second kappa shape index (κ2) is 9.28. The van der Waals surface area contributed by atoms with E-state index in [2.05, 4.69) is 4.72 Å². The van der Waals surface area contributed by atoms with E-state index >= 15 is 0 Å². The summed E-state index contributed by atoms with van der Waals surface area (Å²) in [4.78, 5) is 14.3. The first kappa shape index (κ1) is 23.1. The van der Waals surface area contributed by atoms with Gasteiger partial charge in [0.25, 0.3) is 0 Å². The Morgan fingerprint density at radius 3 is 2.32 bits per heavy atom. The average Bonchev–Trinajstić information content (AvgIpc) is 2.73. The van der Waals surface area contributed by atoms with Crippen molar-refractivity contribution in [3.63, 3.8) is 0 Å². The summed E-state index contributed by atoms with van der Waals surface area (Å²) in [6.07, 6.45) is 5.06. The van der Waals surface area contributed by atoms with E-state index in [1.807, 2.05) is 30.0 Å². The molecule has 1 saturated carbocycles. The molecule has 0 amide bonds. The van der Waals surface area contributed by atoms with E-state index in [1.165, 1.54) is 19.1 Å². The Hall–Kier alpha value is -2.58. The van der Waals surface area contributed by atoms with Gasteiger partial charge in [0.15, 0.2) is 0 Å². The molecule has 1 fully saturated rings. The van der Waals surface area contributed by atoms with E-state index in [0.717, 1.165) is 43.4 Å². The minimum Gasteiger partial charge on any atom is -0.480 e. The third-order valence-corrected chi connectivity index (χ3v) is 7.52. The van der Waals surface area contributed by atoms with Gasteiger partial charge in [-0.3, -0.25) is 4.79 Å². The van der Waals surface area contributed by atoms with Crippen LogP contribution in [0.5, 0.6) is 0 Å². The van der Waals surface area contributed by atoms with Crippen molar-refractivity contribution >= 4 is 27.4 Å². The lowest BCUT2D eigenvalue weighted by Gasteiger charge is -2.41. The number of carbonyl (C=O) groups is 1. The summed E-state index contributed by atoms with van der Waals surface area (Å²) in [7, 11) is -4.04. The summed E-state index contributed by atoms with van der Waals surface area (Å²) in [5, 5.41) is 10.1. The van der Waals surface area contributed by atoms with Crippen LogP contribution in [0.15, 0.2) is 53.4 Å². The zero-order valence-corrected chi connectivity index (χ0v) is 18.9. The summed E-state index contributed by atoms with van der Waals surface area (Å²) in [6.45, 7) is 3.24. The van der Waals surface area contributed by atoms with Crippen LogP contribution in [0.2, 0.25) is 0 Å². The Morgan fingerprint density at radius 1 is 1.13 bits per heavy atom. The summed E-state index contributed by atoms with van der Waals surface area (Å²) in [6, 6.07) is 13.8. The van der Waals surface area contributed by atoms with Gasteiger partial charge in [-0.25, -0.2) is 8.42 Å². The molecule has 4 N–H and O–H groups in total. The van der Waals surface area contributed by atoms with Gasteiger partial charge in [0, 0.05) is 12.6 Å². The van der Waals surface area contributed by atoms with Gasteiger partial charge in [-0.2, -0.15) is 4.72 Å². The molecule has 0 saturated heterocycles. The summed E-state index contributed by atoms with van der Waals surface area (Å²) in [5.74, 6) is -1.24. The Labute approximate surface area is 184 Å². The summed E-state index contributed by atoms with van der Waals surface area (Å²) < 4.78 is 28.5. The second-order valence-corrected chi connectivity index (χ2v) is 10.2. The molecule has 1 aliphatic rings. The topological polar surface area (TPSA) is 113 Å². The minimum atomic E-state index is -4.04. The number of nitrogens with two attached hydrogens (primary N) is 1. The highest BCUT2D eigenvalue weighted by Gasteiger charge is 2.41. The number of anilines is 2. The van der Waals surface area contributed by atoms with Gasteiger partial charge >= 0.3 is 5.97 Å². The highest BCUT2D eigenvalue weighted by Crippen LogP contribution is 2.32. The number of benzene rings is 2. The number of sulfonamides is 1. The van der Waals surface area contributed by atoms with Crippen LogP contribution >= 0.6 is 0 Å². The number of para-hydroxylation sites is 2. The molecule has 1 atom stereocenters. The van der Waals surface area contributed by atoms with Crippen molar-refractivity contribution in [1.82, 2.24) is 4.72 Å². The number of hydrogen-bond donors (Lipinski definition) is 3. The van der Waals surface area contributed by atoms with E-state index in [9.17, 15) is 18.3 Å². The van der Waals surface area contributed by atoms with E-state index < -0.39 is 21.5 Å². The van der Waals surface area contributed by atoms with Crippen molar-refractivity contribution in [1.29, 1.82) is 0 Å². The standard InChI is InChI=1S/C23H31N3O4S/c1-17-12-14-19(15-13-17)31(29,30)25-23(2,22(27)28)16-26(18-8-4-3-5-9-18)21-11-7-6-10-20(21)24/h6-7,10-15,18,25H,3-5,8-9,16,24H2,1-2H3,(H,27,28)/t23-/m1/s1. The second-order valence-electron chi connectivity index (χ2n) is 8.53. The third kappa shape index (κ3) is 5.37. The lowest BCUT2D eigenvalue weighted by atomic mass is 9.91. The fourth-order valence-corrected chi connectivity index (χ4v) is 5.47. The van der Waals surface area contributed by atoms with E-state index in [1.54, 1.807) is 18.2 Å². The number of nitrogens with one attached hydrogen (secondary N) is 1. The minimum absolute atomic E-state index is 0.0354. The van der Waals surface area contributed by atoms with Crippen molar-refractivity contribution in [2.75, 3.05) is 17.2 Å². The molecule has 0 heterocycles. The number of hydrogen-bond acceptors (Lipinski definition) is 5. The van der Waals surface area contributed by atoms with Gasteiger partial charge in [-0.15, -0.1) is 0 Å². The SMILES string of the molecule is Cc1ccc(S(=O)(=O)N[C@](C)(CN(c2ccccc2N)C2CCCCC2)C(=O)O)cc1. The maximum atomic E-state index is 13.0. The van der Waals surface area contributed by atoms with Crippen molar-refractivity contribution in [3.8, 4) is 0 Å². The molecule has 2 aromatic carbocycles. The largest absolute Gasteiger partial charge is 0.480 e. The molecule has 0 aromatic heterocycles. The molecule has 3 rings (SSSR count). The molecule has 0 unspecified atom stereocenters. The molecule has 1 aliphatic carbocycles. The molecular formula is C23H31N3O4S. The fraction of sp³-hybridized carbons (Fsp3) is 0.435. The van der Waals surface area contributed by atoms with Crippen LogP contribution < -0.4 is 15.4 Å². The van der Waals surface area contributed by atoms with E-state index in [0.29, 0.717) is 5.69 Å². The first-order chi connectivity index (χ1) is 14.6. The number of rotatable bonds is 8. The zero-order valence-electron chi connectivity index (χ0n) is 18.0. The lowest BCUT2D eigenvalue weighted by molar-refractivity contribution is -0.143. The number of nitrogens with zero attached hydrogens (tertiary/aromatic N) is 1. The van der Waals surface area contributed by atoms with Crippen LogP contribution in [0.25, 0.3) is 0 Å². The Balaban J connectivity index is 1.96. The smallest absolute Gasteiger partial charge is 0.326 e.